The number of nitrogens with one attached hydrogen (secondary N) is 1. The number of guanidine groups is 1. The summed E-state index contributed by atoms with van der Waals surface area (Å²) in [7, 11) is -1.77. The van der Waals surface area contributed by atoms with Crippen LogP contribution in [0.2, 0.25) is 0 Å². The lowest BCUT2D eigenvalue weighted by Crippen LogP contribution is -2.54. The fourth-order valence-corrected chi connectivity index (χ4v) is 4.41. The van der Waals surface area contributed by atoms with Crippen molar-refractivity contribution in [2.45, 2.75) is 5.75 Å². The first-order valence-corrected chi connectivity index (χ1v) is 10.8. The number of nitrogens with zero attached hydrogens (tertiary/aromatic N) is 4. The Hall–Kier alpha value is -2.66. The van der Waals surface area contributed by atoms with Crippen molar-refractivity contribution in [1.29, 1.82) is 0 Å². The number of sulfonamides is 1. The summed E-state index contributed by atoms with van der Waals surface area (Å²) in [5.74, 6) is 0.616. The molecule has 0 radical (unpaired) electrons. The summed E-state index contributed by atoms with van der Waals surface area (Å²) < 4.78 is 49.8. The quantitative estimate of drug-likeness (QED) is 0.400. The highest BCUT2D eigenvalue weighted by Crippen LogP contribution is 2.13. The van der Waals surface area contributed by atoms with Gasteiger partial charge in [-0.25, -0.2) is 12.8 Å². The molecule has 29 heavy (non-hydrogen) atoms. The minimum atomic E-state index is -3.44. The highest BCUT2D eigenvalue weighted by molar-refractivity contribution is 7.88. The number of aliphatic imine (C=N–C) groups is 1. The lowest BCUT2D eigenvalue weighted by atomic mass is 10.3. The summed E-state index contributed by atoms with van der Waals surface area (Å²) in [5, 5.41) is 6.85. The second kappa shape index (κ2) is 9.70. The molecule has 1 fully saturated rings. The van der Waals surface area contributed by atoms with Gasteiger partial charge in [0.15, 0.2) is 5.96 Å². The van der Waals surface area contributed by atoms with Crippen molar-refractivity contribution in [3.8, 4) is 5.75 Å². The number of hydrogen-bond acceptors (Lipinski definition) is 6. The Morgan fingerprint density at radius 1 is 1.31 bits per heavy atom. The molecule has 9 nitrogen and oxygen atoms in total. The van der Waals surface area contributed by atoms with Crippen molar-refractivity contribution < 1.29 is 22.1 Å². The normalized spacial score (nSPS) is 16.1. The van der Waals surface area contributed by atoms with E-state index in [9.17, 15) is 12.8 Å². The molecule has 1 saturated heterocycles. The molecule has 2 aromatic rings. The van der Waals surface area contributed by atoms with Gasteiger partial charge in [0.2, 0.25) is 10.0 Å². The summed E-state index contributed by atoms with van der Waals surface area (Å²) in [5.41, 5.74) is 0.392. The zero-order valence-electron chi connectivity index (χ0n) is 16.1. The zero-order chi connectivity index (χ0) is 20.7. The predicted octanol–water partition coefficient (Wildman–Crippen LogP) is 0.916. The number of rotatable bonds is 7. The lowest BCUT2D eigenvalue weighted by molar-refractivity contribution is 0.257. The molecule has 3 rings (SSSR count). The van der Waals surface area contributed by atoms with E-state index in [4.69, 9.17) is 9.26 Å². The van der Waals surface area contributed by atoms with Crippen LogP contribution in [0.4, 0.5) is 4.39 Å². The summed E-state index contributed by atoms with van der Waals surface area (Å²) in [6.07, 6.45) is 1.36. The molecule has 0 atom stereocenters. The minimum absolute atomic E-state index is 0.173. The monoisotopic (exact) mass is 425 g/mol. The third kappa shape index (κ3) is 5.91. The molecule has 2 heterocycles. The van der Waals surface area contributed by atoms with Crippen LogP contribution in [0, 0.1) is 5.82 Å². The largest absolute Gasteiger partial charge is 0.492 e. The van der Waals surface area contributed by atoms with Crippen molar-refractivity contribution in [2.24, 2.45) is 4.99 Å². The number of halogens is 1. The molecule has 1 aromatic carbocycles. The Labute approximate surface area is 169 Å². The van der Waals surface area contributed by atoms with E-state index in [-0.39, 0.29) is 11.6 Å². The molecule has 1 aromatic heterocycles. The molecule has 0 unspecified atom stereocenters. The fraction of sp³-hybridized carbons (Fsp3) is 0.444. The first kappa shape index (κ1) is 21.1. The summed E-state index contributed by atoms with van der Waals surface area (Å²) in [4.78, 5) is 6.23. The summed E-state index contributed by atoms with van der Waals surface area (Å²) >= 11 is 0. The van der Waals surface area contributed by atoms with Crippen LogP contribution in [-0.4, -0.2) is 75.1 Å². The molecule has 1 aliphatic rings. The van der Waals surface area contributed by atoms with Crippen LogP contribution in [-0.2, 0) is 15.8 Å². The second-order valence-electron chi connectivity index (χ2n) is 6.41. The van der Waals surface area contributed by atoms with Crippen molar-refractivity contribution in [2.75, 3.05) is 46.4 Å². The van der Waals surface area contributed by atoms with E-state index in [0.717, 1.165) is 0 Å². The van der Waals surface area contributed by atoms with Crippen molar-refractivity contribution >= 4 is 16.0 Å². The van der Waals surface area contributed by atoms with Crippen LogP contribution in [0.3, 0.4) is 0 Å². The van der Waals surface area contributed by atoms with Crippen LogP contribution < -0.4 is 10.1 Å². The first-order valence-electron chi connectivity index (χ1n) is 9.19. The Bertz CT molecular complexity index is 912. The van der Waals surface area contributed by atoms with Crippen LogP contribution in [0.25, 0.3) is 0 Å². The number of piperazine rings is 1. The molecule has 0 aliphatic carbocycles. The maximum Gasteiger partial charge on any atom is 0.220 e. The van der Waals surface area contributed by atoms with Gasteiger partial charge < -0.3 is 19.5 Å². The van der Waals surface area contributed by atoms with Gasteiger partial charge in [-0.1, -0.05) is 11.2 Å². The van der Waals surface area contributed by atoms with Gasteiger partial charge in [0.1, 0.15) is 30.2 Å². The molecule has 0 saturated carbocycles. The zero-order valence-corrected chi connectivity index (χ0v) is 16.9. The third-order valence-electron chi connectivity index (χ3n) is 4.41. The summed E-state index contributed by atoms with van der Waals surface area (Å²) in [6, 6.07) is 7.52. The van der Waals surface area contributed by atoms with Crippen LogP contribution in [0.5, 0.6) is 5.75 Å². The molecule has 1 aliphatic heterocycles. The van der Waals surface area contributed by atoms with E-state index in [2.05, 4.69) is 15.5 Å². The van der Waals surface area contributed by atoms with Gasteiger partial charge in [0, 0.05) is 45.4 Å². The van der Waals surface area contributed by atoms with Crippen LogP contribution in [0.15, 0.2) is 46.1 Å². The number of benzene rings is 1. The van der Waals surface area contributed by atoms with Gasteiger partial charge in [-0.3, -0.25) is 4.99 Å². The Morgan fingerprint density at radius 2 is 2.10 bits per heavy atom. The Balaban J connectivity index is 1.43. The Morgan fingerprint density at radius 3 is 2.76 bits per heavy atom. The van der Waals surface area contributed by atoms with E-state index in [1.165, 1.54) is 22.7 Å². The molecule has 1 N–H and O–H groups in total. The van der Waals surface area contributed by atoms with Crippen molar-refractivity contribution in [3.05, 3.63) is 48.1 Å². The van der Waals surface area contributed by atoms with Crippen LogP contribution >= 0.6 is 0 Å². The van der Waals surface area contributed by atoms with Crippen LogP contribution in [0.1, 0.15) is 5.69 Å². The first-order chi connectivity index (χ1) is 14.0. The van der Waals surface area contributed by atoms with Gasteiger partial charge in [0.25, 0.3) is 0 Å². The van der Waals surface area contributed by atoms with Gasteiger partial charge in [0.05, 0.1) is 12.2 Å². The molecule has 0 amide bonds. The van der Waals surface area contributed by atoms with Gasteiger partial charge >= 0.3 is 0 Å². The molecule has 158 valence electrons. The van der Waals surface area contributed by atoms with Gasteiger partial charge in [-0.15, -0.1) is 0 Å². The maximum atomic E-state index is 13.1. The van der Waals surface area contributed by atoms with Crippen molar-refractivity contribution in [3.63, 3.8) is 0 Å². The average Bonchev–Trinajstić information content (AvgIpc) is 3.21. The van der Waals surface area contributed by atoms with E-state index in [1.54, 1.807) is 25.2 Å². The van der Waals surface area contributed by atoms with E-state index < -0.39 is 10.0 Å². The number of hydrogen-bond donors (Lipinski definition) is 1. The lowest BCUT2D eigenvalue weighted by Gasteiger charge is -2.35. The van der Waals surface area contributed by atoms with Crippen molar-refractivity contribution in [1.82, 2.24) is 19.7 Å². The van der Waals surface area contributed by atoms with E-state index in [1.807, 2.05) is 4.90 Å². The van der Waals surface area contributed by atoms with E-state index >= 15 is 0 Å². The highest BCUT2D eigenvalue weighted by atomic mass is 32.2. The predicted molar refractivity (Wildman–Crippen MR) is 106 cm³/mol. The average molecular weight is 425 g/mol. The Kier molecular flexibility index (Phi) is 7.04. The molecular weight excluding hydrogens is 401 g/mol. The van der Waals surface area contributed by atoms with E-state index in [0.29, 0.717) is 56.7 Å². The SMILES string of the molecule is CN=C(NCCOc1cccc(F)c1)N1CCN(S(=O)(=O)Cc2ccon2)CC1. The standard InChI is InChI=1S/C18H24FN5O4S/c1-20-18(21-6-12-27-17-4-2-3-15(19)13-17)23-7-9-24(10-8-23)29(25,26)14-16-5-11-28-22-16/h2-5,11,13H,6-10,12,14H2,1H3,(H,20,21). The number of aromatic nitrogens is 1. The van der Waals surface area contributed by atoms with Gasteiger partial charge in [-0.05, 0) is 12.1 Å². The highest BCUT2D eigenvalue weighted by Gasteiger charge is 2.28. The number of ether oxygens (including phenoxy) is 1. The fourth-order valence-electron chi connectivity index (χ4n) is 2.99. The molecule has 0 spiro atoms. The molecular formula is C18H24FN5O4S. The summed E-state index contributed by atoms with van der Waals surface area (Å²) in [6.45, 7) is 2.58. The minimum Gasteiger partial charge on any atom is -0.492 e. The topological polar surface area (TPSA) is 100 Å². The maximum absolute atomic E-state index is 13.1. The van der Waals surface area contributed by atoms with Gasteiger partial charge in [-0.2, -0.15) is 4.31 Å². The molecule has 0 bridgehead atoms. The smallest absolute Gasteiger partial charge is 0.220 e. The third-order valence-corrected chi connectivity index (χ3v) is 6.23. The second-order valence-corrected chi connectivity index (χ2v) is 8.38. The molecule has 11 heteroatoms.